The largest absolute Gasteiger partial charge is 0.367 e. The lowest BCUT2D eigenvalue weighted by Gasteiger charge is -2.34. The van der Waals surface area contributed by atoms with Gasteiger partial charge in [0.15, 0.2) is 5.82 Å². The van der Waals surface area contributed by atoms with E-state index >= 15 is 0 Å². The summed E-state index contributed by atoms with van der Waals surface area (Å²) in [6, 6.07) is 5.60. The van der Waals surface area contributed by atoms with Gasteiger partial charge in [-0.05, 0) is 37.5 Å². The number of nitrogens with one attached hydrogen (secondary N) is 1. The quantitative estimate of drug-likeness (QED) is 0.890. The Bertz CT molecular complexity index is 787. The van der Waals surface area contributed by atoms with Crippen molar-refractivity contribution in [1.82, 2.24) is 9.97 Å². The molecule has 1 N–H and O–H groups in total. The fourth-order valence-electron chi connectivity index (χ4n) is 3.18. The number of benzene rings is 1. The van der Waals surface area contributed by atoms with Crippen LogP contribution in [0.4, 0.5) is 17.2 Å². The first-order valence-electron chi connectivity index (χ1n) is 8.75. The Morgan fingerprint density at radius 1 is 1.31 bits per heavy atom. The van der Waals surface area contributed by atoms with Gasteiger partial charge in [-0.3, -0.25) is 4.79 Å². The molecule has 0 atom stereocenters. The van der Waals surface area contributed by atoms with Gasteiger partial charge in [-0.25, -0.2) is 9.97 Å². The first kappa shape index (κ1) is 18.5. The van der Waals surface area contributed by atoms with E-state index in [2.05, 4.69) is 20.2 Å². The topological polar surface area (TPSA) is 61.4 Å². The molecule has 0 bridgehead atoms. The number of nitrogens with zero attached hydrogens (tertiary/aromatic N) is 4. The van der Waals surface area contributed by atoms with Crippen LogP contribution in [0.2, 0.25) is 5.02 Å². The Morgan fingerprint density at radius 3 is 2.69 bits per heavy atom. The molecule has 1 fully saturated rings. The van der Waals surface area contributed by atoms with Crippen molar-refractivity contribution in [2.45, 2.75) is 19.8 Å². The van der Waals surface area contributed by atoms with Gasteiger partial charge in [0.2, 0.25) is 5.91 Å². The number of aryl methyl sites for hydroxylation is 1. The molecular weight excluding hydrogens is 350 g/mol. The Balaban J connectivity index is 1.61. The number of aromatic nitrogens is 2. The third-order valence-corrected chi connectivity index (χ3v) is 5.15. The van der Waals surface area contributed by atoms with Crippen LogP contribution in [0, 0.1) is 12.8 Å². The van der Waals surface area contributed by atoms with Crippen LogP contribution in [0.15, 0.2) is 30.7 Å². The van der Waals surface area contributed by atoms with E-state index in [-0.39, 0.29) is 11.8 Å². The van der Waals surface area contributed by atoms with Gasteiger partial charge >= 0.3 is 0 Å². The lowest BCUT2D eigenvalue weighted by Crippen LogP contribution is -2.39. The minimum absolute atomic E-state index is 0.00114. The van der Waals surface area contributed by atoms with Gasteiger partial charge in [0.05, 0.1) is 11.9 Å². The first-order chi connectivity index (χ1) is 12.5. The minimum Gasteiger partial charge on any atom is -0.367 e. The van der Waals surface area contributed by atoms with E-state index < -0.39 is 0 Å². The second kappa shape index (κ2) is 7.91. The molecule has 1 aromatic heterocycles. The SMILES string of the molecule is Cc1ccc(NC(=O)C2CCN(c3cncnc3N(C)C)CC2)cc1Cl. The molecule has 2 heterocycles. The van der Waals surface area contributed by atoms with Crippen LogP contribution >= 0.6 is 11.6 Å². The van der Waals surface area contributed by atoms with Crippen molar-refractivity contribution in [3.05, 3.63) is 41.3 Å². The van der Waals surface area contributed by atoms with Crippen LogP contribution in [0.1, 0.15) is 18.4 Å². The summed E-state index contributed by atoms with van der Waals surface area (Å²) in [5.41, 5.74) is 2.76. The zero-order chi connectivity index (χ0) is 18.7. The number of rotatable bonds is 4. The van der Waals surface area contributed by atoms with Crippen molar-refractivity contribution in [1.29, 1.82) is 0 Å². The van der Waals surface area contributed by atoms with Crippen molar-refractivity contribution in [3.63, 3.8) is 0 Å². The van der Waals surface area contributed by atoms with E-state index in [1.54, 1.807) is 12.4 Å². The molecular formula is C19H24ClN5O. The zero-order valence-corrected chi connectivity index (χ0v) is 16.1. The van der Waals surface area contributed by atoms with Crippen molar-refractivity contribution < 1.29 is 4.79 Å². The number of hydrogen-bond donors (Lipinski definition) is 1. The zero-order valence-electron chi connectivity index (χ0n) is 15.4. The number of hydrogen-bond acceptors (Lipinski definition) is 5. The molecule has 0 unspecified atom stereocenters. The van der Waals surface area contributed by atoms with Crippen molar-refractivity contribution >= 4 is 34.7 Å². The average molecular weight is 374 g/mol. The highest BCUT2D eigenvalue weighted by Gasteiger charge is 2.27. The highest BCUT2D eigenvalue weighted by molar-refractivity contribution is 6.31. The summed E-state index contributed by atoms with van der Waals surface area (Å²) in [4.78, 5) is 25.3. The molecule has 138 valence electrons. The van der Waals surface area contributed by atoms with Gasteiger partial charge in [0.1, 0.15) is 6.33 Å². The van der Waals surface area contributed by atoms with Crippen LogP contribution < -0.4 is 15.1 Å². The fourth-order valence-corrected chi connectivity index (χ4v) is 3.36. The summed E-state index contributed by atoms with van der Waals surface area (Å²) >= 11 is 6.14. The molecule has 0 saturated carbocycles. The van der Waals surface area contributed by atoms with Gasteiger partial charge in [-0.1, -0.05) is 17.7 Å². The van der Waals surface area contributed by atoms with Crippen LogP contribution in [0.5, 0.6) is 0 Å². The van der Waals surface area contributed by atoms with Gasteiger partial charge in [0, 0.05) is 43.8 Å². The third-order valence-electron chi connectivity index (χ3n) is 4.74. The molecule has 1 aliphatic rings. The molecule has 0 aliphatic carbocycles. The second-order valence-corrected chi connectivity index (χ2v) is 7.25. The third kappa shape index (κ3) is 4.07. The van der Waals surface area contributed by atoms with E-state index in [9.17, 15) is 4.79 Å². The molecule has 26 heavy (non-hydrogen) atoms. The van der Waals surface area contributed by atoms with Gasteiger partial charge in [-0.2, -0.15) is 0 Å². The maximum Gasteiger partial charge on any atom is 0.227 e. The summed E-state index contributed by atoms with van der Waals surface area (Å²) in [6.45, 7) is 3.56. The van der Waals surface area contributed by atoms with E-state index in [4.69, 9.17) is 11.6 Å². The molecule has 1 aliphatic heterocycles. The number of halogens is 1. The predicted molar refractivity (Wildman–Crippen MR) is 106 cm³/mol. The Hall–Kier alpha value is -2.34. The molecule has 0 radical (unpaired) electrons. The number of carbonyl (C=O) groups excluding carboxylic acids is 1. The van der Waals surface area contributed by atoms with Crippen LogP contribution in [0.25, 0.3) is 0 Å². The van der Waals surface area contributed by atoms with E-state index in [0.717, 1.165) is 48.7 Å². The number of carbonyl (C=O) groups is 1. The lowest BCUT2D eigenvalue weighted by atomic mass is 9.95. The highest BCUT2D eigenvalue weighted by atomic mass is 35.5. The molecule has 7 heteroatoms. The molecule has 6 nitrogen and oxygen atoms in total. The van der Waals surface area contributed by atoms with E-state index in [1.165, 1.54) is 0 Å². The summed E-state index contributed by atoms with van der Waals surface area (Å²) < 4.78 is 0. The normalized spacial score (nSPS) is 15.0. The van der Waals surface area contributed by atoms with Crippen molar-refractivity contribution in [3.8, 4) is 0 Å². The number of piperidine rings is 1. The summed E-state index contributed by atoms with van der Waals surface area (Å²) in [5, 5.41) is 3.65. The van der Waals surface area contributed by atoms with Crippen molar-refractivity contribution in [2.24, 2.45) is 5.92 Å². The number of amides is 1. The van der Waals surface area contributed by atoms with Crippen LogP contribution in [0.3, 0.4) is 0 Å². The molecule has 0 spiro atoms. The summed E-state index contributed by atoms with van der Waals surface area (Å²) in [7, 11) is 3.94. The standard InChI is InChI=1S/C19H24ClN5O/c1-13-4-5-15(10-16(13)20)23-19(26)14-6-8-25(9-7-14)17-11-21-12-22-18(17)24(2)3/h4-5,10-12,14H,6-9H2,1-3H3,(H,23,26). The smallest absolute Gasteiger partial charge is 0.227 e. The van der Waals surface area contributed by atoms with Crippen LogP contribution in [-0.2, 0) is 4.79 Å². The second-order valence-electron chi connectivity index (χ2n) is 6.84. The lowest BCUT2D eigenvalue weighted by molar-refractivity contribution is -0.120. The Labute approximate surface area is 159 Å². The fraction of sp³-hybridized carbons (Fsp3) is 0.421. The Kier molecular flexibility index (Phi) is 5.61. The minimum atomic E-state index is -0.00114. The average Bonchev–Trinajstić information content (AvgIpc) is 2.65. The Morgan fingerprint density at radius 2 is 2.04 bits per heavy atom. The summed E-state index contributed by atoms with van der Waals surface area (Å²) in [6.07, 6.45) is 5.00. The monoisotopic (exact) mass is 373 g/mol. The molecule has 1 amide bonds. The van der Waals surface area contributed by atoms with Gasteiger partial charge < -0.3 is 15.1 Å². The molecule has 2 aromatic rings. The van der Waals surface area contributed by atoms with Gasteiger partial charge in [-0.15, -0.1) is 0 Å². The van der Waals surface area contributed by atoms with E-state index in [0.29, 0.717) is 5.02 Å². The van der Waals surface area contributed by atoms with Crippen molar-refractivity contribution in [2.75, 3.05) is 42.3 Å². The molecule has 1 saturated heterocycles. The first-order valence-corrected chi connectivity index (χ1v) is 9.13. The van der Waals surface area contributed by atoms with Gasteiger partial charge in [0.25, 0.3) is 0 Å². The predicted octanol–water partition coefficient (Wildman–Crippen LogP) is 3.36. The molecule has 3 rings (SSSR count). The van der Waals surface area contributed by atoms with Crippen LogP contribution in [-0.4, -0.2) is 43.1 Å². The van der Waals surface area contributed by atoms with E-state index in [1.807, 2.05) is 44.2 Å². The molecule has 1 aromatic carbocycles. The highest BCUT2D eigenvalue weighted by Crippen LogP contribution is 2.29. The number of anilines is 3. The maximum atomic E-state index is 12.6. The summed E-state index contributed by atoms with van der Waals surface area (Å²) in [5.74, 6) is 0.956. The maximum absolute atomic E-state index is 12.6.